The van der Waals surface area contributed by atoms with E-state index in [0.717, 1.165) is 16.7 Å². The second kappa shape index (κ2) is 14.9. The molecule has 5 aromatic carbocycles. The molecule has 0 aliphatic heterocycles. The first-order valence-electron chi connectivity index (χ1n) is 13.5. The highest BCUT2D eigenvalue weighted by Crippen LogP contribution is 2.40. The van der Waals surface area contributed by atoms with Crippen LogP contribution in [0.3, 0.4) is 0 Å². The molecule has 0 spiro atoms. The normalized spacial score (nSPS) is 10.8. The van der Waals surface area contributed by atoms with E-state index in [1.165, 1.54) is 6.21 Å². The van der Waals surface area contributed by atoms with Crippen molar-refractivity contribution in [2.45, 2.75) is 19.8 Å². The SMILES string of the molecule is O=C(N/N=C/c1ccc(Cl)cc1Cl)c1cc(OCc2ccccc2)c(OCc2ccccc2)c(OCc2ccccc2)c1. The Balaban J connectivity index is 1.45. The van der Waals surface area contributed by atoms with E-state index >= 15 is 0 Å². The van der Waals surface area contributed by atoms with Gasteiger partial charge in [-0.25, -0.2) is 5.43 Å². The van der Waals surface area contributed by atoms with Gasteiger partial charge in [0.1, 0.15) is 19.8 Å². The smallest absolute Gasteiger partial charge is 0.271 e. The molecular weight excluding hydrogens is 583 g/mol. The summed E-state index contributed by atoms with van der Waals surface area (Å²) in [6, 6.07) is 37.5. The molecule has 0 aliphatic rings. The van der Waals surface area contributed by atoms with Crippen LogP contribution in [0.2, 0.25) is 10.0 Å². The molecule has 1 amide bonds. The summed E-state index contributed by atoms with van der Waals surface area (Å²) in [5.41, 5.74) is 6.33. The minimum absolute atomic E-state index is 0.263. The van der Waals surface area contributed by atoms with Gasteiger partial charge in [0, 0.05) is 16.1 Å². The molecule has 0 unspecified atom stereocenters. The fourth-order valence-electron chi connectivity index (χ4n) is 4.10. The van der Waals surface area contributed by atoms with Crippen molar-refractivity contribution in [2.24, 2.45) is 5.10 Å². The number of carbonyl (C=O) groups excluding carboxylic acids is 1. The fourth-order valence-corrected chi connectivity index (χ4v) is 4.55. The number of rotatable bonds is 12. The lowest BCUT2D eigenvalue weighted by molar-refractivity contribution is 0.0953. The van der Waals surface area contributed by atoms with Gasteiger partial charge >= 0.3 is 0 Å². The van der Waals surface area contributed by atoms with Crippen molar-refractivity contribution in [2.75, 3.05) is 0 Å². The van der Waals surface area contributed by atoms with Crippen molar-refractivity contribution in [3.05, 3.63) is 159 Å². The molecule has 0 atom stereocenters. The van der Waals surface area contributed by atoms with E-state index in [1.807, 2.05) is 91.0 Å². The first kappa shape index (κ1) is 29.7. The van der Waals surface area contributed by atoms with Gasteiger partial charge in [0.2, 0.25) is 5.75 Å². The Bertz CT molecular complexity index is 1620. The number of amides is 1. The zero-order valence-corrected chi connectivity index (χ0v) is 24.6. The third-order valence-electron chi connectivity index (χ3n) is 6.32. The van der Waals surface area contributed by atoms with E-state index in [2.05, 4.69) is 10.5 Å². The van der Waals surface area contributed by atoms with Gasteiger partial charge in [-0.15, -0.1) is 0 Å². The third-order valence-corrected chi connectivity index (χ3v) is 6.88. The van der Waals surface area contributed by atoms with E-state index < -0.39 is 5.91 Å². The average molecular weight is 612 g/mol. The molecule has 0 heterocycles. The zero-order chi connectivity index (χ0) is 29.9. The number of nitrogens with one attached hydrogen (secondary N) is 1. The van der Waals surface area contributed by atoms with Crippen molar-refractivity contribution in [1.29, 1.82) is 0 Å². The molecule has 0 aromatic heterocycles. The minimum atomic E-state index is -0.468. The Morgan fingerprint density at radius 1 is 0.651 bits per heavy atom. The van der Waals surface area contributed by atoms with Crippen LogP contribution in [0.25, 0.3) is 0 Å². The lowest BCUT2D eigenvalue weighted by atomic mass is 10.1. The lowest BCUT2D eigenvalue weighted by Crippen LogP contribution is -2.18. The van der Waals surface area contributed by atoms with Crippen molar-refractivity contribution in [3.63, 3.8) is 0 Å². The molecule has 216 valence electrons. The summed E-state index contributed by atoms with van der Waals surface area (Å²) in [4.78, 5) is 13.3. The van der Waals surface area contributed by atoms with Gasteiger partial charge in [-0.1, -0.05) is 120 Å². The van der Waals surface area contributed by atoms with Crippen LogP contribution in [0.5, 0.6) is 17.2 Å². The second-order valence-electron chi connectivity index (χ2n) is 9.49. The maximum atomic E-state index is 13.3. The molecule has 5 aromatic rings. The summed E-state index contributed by atoms with van der Waals surface area (Å²) in [5, 5.41) is 5.01. The zero-order valence-electron chi connectivity index (χ0n) is 23.1. The van der Waals surface area contributed by atoms with Gasteiger partial charge in [-0.05, 0) is 41.0 Å². The van der Waals surface area contributed by atoms with Crippen LogP contribution < -0.4 is 19.6 Å². The van der Waals surface area contributed by atoms with Crippen molar-refractivity contribution in [3.8, 4) is 17.2 Å². The van der Waals surface area contributed by atoms with E-state index in [4.69, 9.17) is 37.4 Å². The van der Waals surface area contributed by atoms with E-state index in [1.54, 1.807) is 30.3 Å². The van der Waals surface area contributed by atoms with Gasteiger partial charge in [0.25, 0.3) is 5.91 Å². The van der Waals surface area contributed by atoms with Gasteiger partial charge in [-0.3, -0.25) is 4.79 Å². The van der Waals surface area contributed by atoms with E-state index in [0.29, 0.717) is 32.9 Å². The molecule has 0 saturated carbocycles. The second-order valence-corrected chi connectivity index (χ2v) is 10.3. The molecule has 0 aliphatic carbocycles. The highest BCUT2D eigenvalue weighted by molar-refractivity contribution is 6.36. The molecule has 0 fully saturated rings. The first-order valence-corrected chi connectivity index (χ1v) is 14.3. The largest absolute Gasteiger partial charge is 0.485 e. The Labute approximate surface area is 260 Å². The van der Waals surface area contributed by atoms with Gasteiger partial charge < -0.3 is 14.2 Å². The number of carbonyl (C=O) groups is 1. The first-order chi connectivity index (χ1) is 21.0. The summed E-state index contributed by atoms with van der Waals surface area (Å²) < 4.78 is 18.8. The standard InChI is InChI=1S/C35H28Cl2N2O4/c36-30-17-16-28(31(37)20-30)21-38-39-35(40)29-18-32(41-22-25-10-4-1-5-11-25)34(43-24-27-14-8-3-9-15-27)33(19-29)42-23-26-12-6-2-7-13-26/h1-21H,22-24H2,(H,39,40)/b38-21+. The number of benzene rings is 5. The molecule has 8 heteroatoms. The maximum Gasteiger partial charge on any atom is 0.271 e. The number of hydrogen-bond donors (Lipinski definition) is 1. The number of hydrogen-bond acceptors (Lipinski definition) is 5. The van der Waals surface area contributed by atoms with Crippen molar-refractivity contribution in [1.82, 2.24) is 5.43 Å². The fraction of sp³-hybridized carbons (Fsp3) is 0.0857. The van der Waals surface area contributed by atoms with Crippen molar-refractivity contribution < 1.29 is 19.0 Å². The molecule has 5 rings (SSSR count). The van der Waals surface area contributed by atoms with Crippen LogP contribution in [0.1, 0.15) is 32.6 Å². The van der Waals surface area contributed by atoms with Gasteiger partial charge in [0.05, 0.1) is 11.2 Å². The molecule has 0 saturated heterocycles. The molecule has 6 nitrogen and oxygen atoms in total. The Morgan fingerprint density at radius 2 is 1.14 bits per heavy atom. The third kappa shape index (κ3) is 8.61. The number of halogens is 2. The van der Waals surface area contributed by atoms with Crippen LogP contribution in [0.4, 0.5) is 0 Å². The van der Waals surface area contributed by atoms with Gasteiger partial charge in [-0.2, -0.15) is 5.10 Å². The monoisotopic (exact) mass is 610 g/mol. The summed E-state index contributed by atoms with van der Waals surface area (Å²) in [6.45, 7) is 0.805. The summed E-state index contributed by atoms with van der Waals surface area (Å²) in [6.07, 6.45) is 1.45. The van der Waals surface area contributed by atoms with Crippen LogP contribution in [-0.2, 0) is 19.8 Å². The highest BCUT2D eigenvalue weighted by Gasteiger charge is 2.20. The Morgan fingerprint density at radius 3 is 1.63 bits per heavy atom. The molecule has 0 bridgehead atoms. The highest BCUT2D eigenvalue weighted by atomic mass is 35.5. The number of ether oxygens (including phenoxy) is 3. The summed E-state index contributed by atoms with van der Waals surface area (Å²) in [7, 11) is 0. The van der Waals surface area contributed by atoms with E-state index in [-0.39, 0.29) is 25.4 Å². The van der Waals surface area contributed by atoms with E-state index in [9.17, 15) is 4.79 Å². The number of hydrazone groups is 1. The molecule has 43 heavy (non-hydrogen) atoms. The summed E-state index contributed by atoms with van der Waals surface area (Å²) >= 11 is 12.2. The topological polar surface area (TPSA) is 69.2 Å². The van der Waals surface area contributed by atoms with Crippen LogP contribution >= 0.6 is 23.2 Å². The van der Waals surface area contributed by atoms with Crippen LogP contribution in [0.15, 0.2) is 126 Å². The van der Waals surface area contributed by atoms with Gasteiger partial charge in [0.15, 0.2) is 11.5 Å². The Hall–Kier alpha value is -4.78. The van der Waals surface area contributed by atoms with Crippen LogP contribution in [0, 0.1) is 0 Å². The van der Waals surface area contributed by atoms with Crippen LogP contribution in [-0.4, -0.2) is 12.1 Å². The number of nitrogens with zero attached hydrogens (tertiary/aromatic N) is 1. The predicted molar refractivity (Wildman–Crippen MR) is 170 cm³/mol. The summed E-state index contributed by atoms with van der Waals surface area (Å²) in [5.74, 6) is 0.647. The molecular formula is C35H28Cl2N2O4. The predicted octanol–water partition coefficient (Wildman–Crippen LogP) is 8.49. The maximum absolute atomic E-state index is 13.3. The molecule has 1 N–H and O–H groups in total. The quantitative estimate of drug-likeness (QED) is 0.114. The minimum Gasteiger partial charge on any atom is -0.485 e. The Kier molecular flexibility index (Phi) is 10.3. The average Bonchev–Trinajstić information content (AvgIpc) is 3.04. The lowest BCUT2D eigenvalue weighted by Gasteiger charge is -2.19. The van der Waals surface area contributed by atoms with Crippen molar-refractivity contribution >= 4 is 35.3 Å². The molecule has 0 radical (unpaired) electrons.